The van der Waals surface area contributed by atoms with E-state index in [2.05, 4.69) is 27.8 Å². The maximum atomic E-state index is 6.05. The summed E-state index contributed by atoms with van der Waals surface area (Å²) in [5.74, 6) is 0. The highest BCUT2D eigenvalue weighted by Crippen LogP contribution is 2.24. The van der Waals surface area contributed by atoms with E-state index in [0.717, 1.165) is 22.3 Å². The Morgan fingerprint density at radius 3 is 2.88 bits per heavy atom. The minimum Gasteiger partial charge on any atom is -0.323 e. The van der Waals surface area contributed by atoms with Crippen molar-refractivity contribution >= 4 is 15.9 Å². The molecule has 2 rings (SSSR count). The summed E-state index contributed by atoms with van der Waals surface area (Å²) in [7, 11) is 0. The zero-order chi connectivity index (χ0) is 11.5. The van der Waals surface area contributed by atoms with E-state index in [1.807, 2.05) is 35.0 Å². The first kappa shape index (κ1) is 11.4. The number of benzene rings is 1. The number of nitrogens with zero attached hydrogens (tertiary/aromatic N) is 2. The van der Waals surface area contributed by atoms with Crippen LogP contribution in [0.25, 0.3) is 5.69 Å². The Kier molecular flexibility index (Phi) is 3.41. The van der Waals surface area contributed by atoms with Gasteiger partial charge in [-0.15, -0.1) is 0 Å². The molecule has 0 bridgehead atoms. The van der Waals surface area contributed by atoms with Gasteiger partial charge in [0.1, 0.15) is 0 Å². The Labute approximate surface area is 103 Å². The van der Waals surface area contributed by atoms with Gasteiger partial charge in [0.25, 0.3) is 0 Å². The molecule has 3 nitrogen and oxygen atoms in total. The number of para-hydroxylation sites is 1. The largest absolute Gasteiger partial charge is 0.323 e. The third-order valence-electron chi connectivity index (χ3n) is 2.60. The van der Waals surface area contributed by atoms with Crippen molar-refractivity contribution < 1.29 is 0 Å². The van der Waals surface area contributed by atoms with Crippen molar-refractivity contribution in [1.82, 2.24) is 9.55 Å². The molecule has 4 heteroatoms. The van der Waals surface area contributed by atoms with E-state index in [9.17, 15) is 0 Å². The van der Waals surface area contributed by atoms with Gasteiger partial charge in [-0.25, -0.2) is 4.98 Å². The molecule has 0 fully saturated rings. The zero-order valence-electron chi connectivity index (χ0n) is 9.10. The van der Waals surface area contributed by atoms with E-state index in [1.54, 1.807) is 6.33 Å². The lowest BCUT2D eigenvalue weighted by Crippen LogP contribution is -2.13. The lowest BCUT2D eigenvalue weighted by Gasteiger charge is -2.13. The van der Waals surface area contributed by atoms with Gasteiger partial charge in [0.05, 0.1) is 23.9 Å². The maximum absolute atomic E-state index is 6.05. The minimum absolute atomic E-state index is 0.0228. The SMILES string of the molecule is CC[C@@H](N)c1cncn1-c1ccccc1Br. The van der Waals surface area contributed by atoms with Crippen molar-refractivity contribution in [3.05, 3.63) is 47.0 Å². The fourth-order valence-corrected chi connectivity index (χ4v) is 2.11. The number of nitrogens with two attached hydrogens (primary N) is 1. The summed E-state index contributed by atoms with van der Waals surface area (Å²) in [6, 6.07) is 8.06. The Morgan fingerprint density at radius 1 is 1.44 bits per heavy atom. The molecule has 2 aromatic rings. The molecule has 0 radical (unpaired) electrons. The van der Waals surface area contributed by atoms with E-state index in [4.69, 9.17) is 5.73 Å². The molecule has 0 aliphatic heterocycles. The van der Waals surface area contributed by atoms with Crippen LogP contribution in [0.1, 0.15) is 25.1 Å². The molecule has 0 saturated carbocycles. The van der Waals surface area contributed by atoms with Crippen LogP contribution in [-0.4, -0.2) is 9.55 Å². The topological polar surface area (TPSA) is 43.8 Å². The first-order valence-corrected chi connectivity index (χ1v) is 6.06. The number of hydrogen-bond acceptors (Lipinski definition) is 2. The summed E-state index contributed by atoms with van der Waals surface area (Å²) < 4.78 is 3.07. The normalized spacial score (nSPS) is 12.7. The first-order chi connectivity index (χ1) is 7.74. The van der Waals surface area contributed by atoms with Gasteiger partial charge in [-0.2, -0.15) is 0 Å². The number of rotatable bonds is 3. The van der Waals surface area contributed by atoms with E-state index in [0.29, 0.717) is 0 Å². The van der Waals surface area contributed by atoms with Gasteiger partial charge in [-0.3, -0.25) is 0 Å². The van der Waals surface area contributed by atoms with Crippen molar-refractivity contribution in [3.63, 3.8) is 0 Å². The Balaban J connectivity index is 2.49. The lowest BCUT2D eigenvalue weighted by molar-refractivity contribution is 0.659. The predicted molar refractivity (Wildman–Crippen MR) is 68.5 cm³/mol. The summed E-state index contributed by atoms with van der Waals surface area (Å²) in [6.07, 6.45) is 4.52. The van der Waals surface area contributed by atoms with Crippen molar-refractivity contribution in [2.24, 2.45) is 5.73 Å². The molecule has 0 amide bonds. The molecule has 1 atom stereocenters. The fourth-order valence-electron chi connectivity index (χ4n) is 1.64. The monoisotopic (exact) mass is 279 g/mol. The van der Waals surface area contributed by atoms with Crippen molar-refractivity contribution in [2.75, 3.05) is 0 Å². The lowest BCUT2D eigenvalue weighted by atomic mass is 10.2. The van der Waals surface area contributed by atoms with Crippen molar-refractivity contribution in [2.45, 2.75) is 19.4 Å². The van der Waals surface area contributed by atoms with Gasteiger partial charge in [0.2, 0.25) is 0 Å². The maximum Gasteiger partial charge on any atom is 0.0995 e. The minimum atomic E-state index is 0.0228. The number of halogens is 1. The van der Waals surface area contributed by atoms with Crippen LogP contribution < -0.4 is 5.73 Å². The van der Waals surface area contributed by atoms with Gasteiger partial charge in [0, 0.05) is 10.5 Å². The number of aromatic nitrogens is 2. The molecule has 0 aliphatic rings. The molecule has 0 unspecified atom stereocenters. The average Bonchev–Trinajstić information content (AvgIpc) is 2.77. The van der Waals surface area contributed by atoms with Gasteiger partial charge in [-0.1, -0.05) is 19.1 Å². The van der Waals surface area contributed by atoms with Gasteiger partial charge in [0.15, 0.2) is 0 Å². The third kappa shape index (κ3) is 2.03. The number of imidazole rings is 1. The molecule has 1 aromatic carbocycles. The van der Waals surface area contributed by atoms with Gasteiger partial charge in [-0.05, 0) is 34.5 Å². The second kappa shape index (κ2) is 4.80. The highest BCUT2D eigenvalue weighted by Gasteiger charge is 2.12. The number of hydrogen-bond donors (Lipinski definition) is 1. The van der Waals surface area contributed by atoms with E-state index in [1.165, 1.54) is 0 Å². The van der Waals surface area contributed by atoms with E-state index >= 15 is 0 Å². The predicted octanol–water partition coefficient (Wildman–Crippen LogP) is 3.04. The van der Waals surface area contributed by atoms with Crippen molar-refractivity contribution in [1.29, 1.82) is 0 Å². The average molecular weight is 280 g/mol. The second-order valence-corrected chi connectivity index (χ2v) is 4.51. The van der Waals surface area contributed by atoms with Crippen LogP contribution in [-0.2, 0) is 0 Å². The standard InChI is InChI=1S/C12H14BrN3/c1-2-10(14)12-7-15-8-16(12)11-6-4-3-5-9(11)13/h3-8,10H,2,14H2,1H3/t10-/m1/s1. The van der Waals surface area contributed by atoms with Crippen LogP contribution in [0, 0.1) is 0 Å². The molecule has 84 valence electrons. The van der Waals surface area contributed by atoms with Crippen LogP contribution >= 0.6 is 15.9 Å². The van der Waals surface area contributed by atoms with Crippen LogP contribution in [0.15, 0.2) is 41.3 Å². The fraction of sp³-hybridized carbons (Fsp3) is 0.250. The molecule has 1 heterocycles. The van der Waals surface area contributed by atoms with Gasteiger partial charge >= 0.3 is 0 Å². The molecular formula is C12H14BrN3. The molecule has 0 aliphatic carbocycles. The highest BCUT2D eigenvalue weighted by atomic mass is 79.9. The molecule has 0 spiro atoms. The van der Waals surface area contributed by atoms with Gasteiger partial charge < -0.3 is 10.3 Å². The molecular weight excluding hydrogens is 266 g/mol. The van der Waals surface area contributed by atoms with E-state index < -0.39 is 0 Å². The zero-order valence-corrected chi connectivity index (χ0v) is 10.7. The highest BCUT2D eigenvalue weighted by molar-refractivity contribution is 9.10. The molecule has 0 saturated heterocycles. The van der Waals surface area contributed by atoms with Crippen LogP contribution in [0.4, 0.5) is 0 Å². The Morgan fingerprint density at radius 2 is 2.19 bits per heavy atom. The quantitative estimate of drug-likeness (QED) is 0.939. The Bertz CT molecular complexity index is 479. The first-order valence-electron chi connectivity index (χ1n) is 5.26. The summed E-state index contributed by atoms with van der Waals surface area (Å²) >= 11 is 3.53. The summed E-state index contributed by atoms with van der Waals surface area (Å²) in [5, 5.41) is 0. The molecule has 2 N–H and O–H groups in total. The summed E-state index contributed by atoms with van der Waals surface area (Å²) in [5.41, 5.74) is 8.16. The second-order valence-electron chi connectivity index (χ2n) is 3.65. The summed E-state index contributed by atoms with van der Waals surface area (Å²) in [6.45, 7) is 2.07. The third-order valence-corrected chi connectivity index (χ3v) is 3.27. The van der Waals surface area contributed by atoms with Crippen molar-refractivity contribution in [3.8, 4) is 5.69 Å². The molecule has 1 aromatic heterocycles. The molecule has 16 heavy (non-hydrogen) atoms. The summed E-state index contributed by atoms with van der Waals surface area (Å²) in [4.78, 5) is 4.17. The van der Waals surface area contributed by atoms with Crippen LogP contribution in [0.2, 0.25) is 0 Å². The van der Waals surface area contributed by atoms with E-state index in [-0.39, 0.29) is 6.04 Å². The van der Waals surface area contributed by atoms with Crippen LogP contribution in [0.3, 0.4) is 0 Å². The Hall–Kier alpha value is -1.13. The van der Waals surface area contributed by atoms with Crippen LogP contribution in [0.5, 0.6) is 0 Å². The smallest absolute Gasteiger partial charge is 0.0995 e.